The van der Waals surface area contributed by atoms with Crippen molar-refractivity contribution in [1.82, 2.24) is 10.1 Å². The summed E-state index contributed by atoms with van der Waals surface area (Å²) < 4.78 is 11.1. The van der Waals surface area contributed by atoms with Crippen molar-refractivity contribution >= 4 is 0 Å². The van der Waals surface area contributed by atoms with E-state index in [1.807, 2.05) is 12.1 Å². The average molecular weight is 287 g/mol. The van der Waals surface area contributed by atoms with Gasteiger partial charge < -0.3 is 15.0 Å². The zero-order valence-electron chi connectivity index (χ0n) is 12.5. The number of ether oxygens (including phenoxy) is 1. The number of nitrogens with two attached hydrogens (primary N) is 1. The Morgan fingerprint density at radius 3 is 2.62 bits per heavy atom. The molecule has 0 bridgehead atoms. The number of rotatable bonds is 4. The van der Waals surface area contributed by atoms with Crippen molar-refractivity contribution in [2.75, 3.05) is 6.54 Å². The second-order valence-electron chi connectivity index (χ2n) is 5.79. The van der Waals surface area contributed by atoms with Crippen LogP contribution in [0.2, 0.25) is 0 Å². The summed E-state index contributed by atoms with van der Waals surface area (Å²) >= 11 is 0. The van der Waals surface area contributed by atoms with E-state index < -0.39 is 0 Å². The highest BCUT2D eigenvalue weighted by molar-refractivity contribution is 5.54. The topological polar surface area (TPSA) is 74.2 Å². The van der Waals surface area contributed by atoms with Gasteiger partial charge in [-0.1, -0.05) is 43.3 Å². The Bertz CT molecular complexity index is 592. The van der Waals surface area contributed by atoms with Gasteiger partial charge in [0.25, 0.3) is 5.89 Å². The summed E-state index contributed by atoms with van der Waals surface area (Å²) in [6.45, 7) is 4.88. The molecular formula is C16H21N3O2. The van der Waals surface area contributed by atoms with Gasteiger partial charge in [-0.2, -0.15) is 4.98 Å². The van der Waals surface area contributed by atoms with Crippen LogP contribution in [0.3, 0.4) is 0 Å². The first-order valence-electron chi connectivity index (χ1n) is 7.47. The number of nitrogens with zero attached hydrogens (tertiary/aromatic N) is 2. The summed E-state index contributed by atoms with van der Waals surface area (Å²) in [6.07, 6.45) is 1.82. The van der Waals surface area contributed by atoms with Crippen molar-refractivity contribution in [3.63, 3.8) is 0 Å². The van der Waals surface area contributed by atoms with Crippen LogP contribution in [0.5, 0.6) is 0 Å². The Kier molecular flexibility index (Phi) is 4.03. The van der Waals surface area contributed by atoms with E-state index in [1.54, 1.807) is 0 Å². The van der Waals surface area contributed by atoms with Gasteiger partial charge in [-0.05, 0) is 24.3 Å². The van der Waals surface area contributed by atoms with E-state index >= 15 is 0 Å². The van der Waals surface area contributed by atoms with Crippen LogP contribution in [-0.4, -0.2) is 22.8 Å². The predicted molar refractivity (Wildman–Crippen MR) is 79.7 cm³/mol. The quantitative estimate of drug-likeness (QED) is 0.935. The van der Waals surface area contributed by atoms with Crippen molar-refractivity contribution in [3.05, 3.63) is 35.7 Å². The van der Waals surface area contributed by atoms with Gasteiger partial charge in [-0.25, -0.2) is 0 Å². The molecule has 1 aliphatic heterocycles. The zero-order chi connectivity index (χ0) is 14.8. The van der Waals surface area contributed by atoms with Crippen LogP contribution in [0.15, 0.2) is 28.8 Å². The molecule has 2 N–H and O–H groups in total. The van der Waals surface area contributed by atoms with E-state index in [0.29, 0.717) is 24.2 Å². The van der Waals surface area contributed by atoms with Crippen molar-refractivity contribution in [3.8, 4) is 11.4 Å². The Hall–Kier alpha value is -1.72. The third-order valence-corrected chi connectivity index (χ3v) is 3.92. The first-order valence-corrected chi connectivity index (χ1v) is 7.47. The molecule has 21 heavy (non-hydrogen) atoms. The fraction of sp³-hybridized carbons (Fsp3) is 0.500. The van der Waals surface area contributed by atoms with E-state index in [4.69, 9.17) is 15.0 Å². The molecule has 1 aliphatic rings. The lowest BCUT2D eigenvalue weighted by atomic mass is 10.0. The van der Waals surface area contributed by atoms with Gasteiger partial charge in [0.2, 0.25) is 5.82 Å². The molecule has 0 spiro atoms. The normalized spacial score (nSPS) is 22.1. The lowest BCUT2D eigenvalue weighted by Gasteiger charge is -2.07. The van der Waals surface area contributed by atoms with Crippen molar-refractivity contribution in [2.24, 2.45) is 5.73 Å². The maximum absolute atomic E-state index is 5.78. The van der Waals surface area contributed by atoms with Crippen LogP contribution in [0.1, 0.15) is 50.2 Å². The number of hydrogen-bond donors (Lipinski definition) is 1. The molecule has 0 radical (unpaired) electrons. The average Bonchev–Trinajstić information content (AvgIpc) is 3.16. The van der Waals surface area contributed by atoms with Gasteiger partial charge in [0.15, 0.2) is 0 Å². The smallest absolute Gasteiger partial charge is 0.256 e. The van der Waals surface area contributed by atoms with Crippen molar-refractivity contribution in [2.45, 2.75) is 44.8 Å². The molecule has 2 aromatic rings. The molecule has 2 heterocycles. The van der Waals surface area contributed by atoms with Gasteiger partial charge in [0.05, 0.1) is 6.10 Å². The van der Waals surface area contributed by atoms with E-state index in [1.165, 1.54) is 5.56 Å². The molecule has 5 nitrogen and oxygen atoms in total. The molecule has 1 aromatic carbocycles. The van der Waals surface area contributed by atoms with Gasteiger partial charge in [0, 0.05) is 12.1 Å². The molecule has 112 valence electrons. The third kappa shape index (κ3) is 2.99. The van der Waals surface area contributed by atoms with E-state index in [9.17, 15) is 0 Å². The summed E-state index contributed by atoms with van der Waals surface area (Å²) in [5, 5.41) is 4.06. The molecular weight excluding hydrogens is 266 g/mol. The number of benzene rings is 1. The Balaban J connectivity index is 1.75. The molecule has 1 saturated heterocycles. The molecule has 0 aliphatic carbocycles. The fourth-order valence-electron chi connectivity index (χ4n) is 2.56. The molecule has 1 fully saturated rings. The summed E-state index contributed by atoms with van der Waals surface area (Å²) in [5.74, 6) is 1.67. The molecule has 0 amide bonds. The third-order valence-electron chi connectivity index (χ3n) is 3.92. The summed E-state index contributed by atoms with van der Waals surface area (Å²) in [6, 6.07) is 8.27. The highest BCUT2D eigenvalue weighted by atomic mass is 16.5. The Morgan fingerprint density at radius 2 is 2.00 bits per heavy atom. The van der Waals surface area contributed by atoms with Crippen molar-refractivity contribution in [1.29, 1.82) is 0 Å². The lowest BCUT2D eigenvalue weighted by Crippen LogP contribution is -2.18. The highest BCUT2D eigenvalue weighted by Gasteiger charge is 2.30. The number of hydrogen-bond acceptors (Lipinski definition) is 5. The minimum Gasteiger partial charge on any atom is -0.364 e. The molecule has 0 saturated carbocycles. The lowest BCUT2D eigenvalue weighted by molar-refractivity contribution is 0.0307. The maximum atomic E-state index is 5.78. The van der Waals surface area contributed by atoms with Crippen LogP contribution < -0.4 is 5.73 Å². The Morgan fingerprint density at radius 1 is 1.24 bits per heavy atom. The summed E-state index contributed by atoms with van der Waals surface area (Å²) in [4.78, 5) is 4.46. The van der Waals surface area contributed by atoms with E-state index in [-0.39, 0.29) is 12.2 Å². The standard InChI is InChI=1S/C16H21N3O2/c1-10(2)11-3-5-12(6-4-11)15-18-16(21-19-15)14-8-7-13(9-17)20-14/h3-6,10,13-14H,7-9,17H2,1-2H3. The molecule has 5 heteroatoms. The zero-order valence-corrected chi connectivity index (χ0v) is 12.5. The summed E-state index contributed by atoms with van der Waals surface area (Å²) in [7, 11) is 0. The highest BCUT2D eigenvalue weighted by Crippen LogP contribution is 2.32. The van der Waals surface area contributed by atoms with Crippen LogP contribution >= 0.6 is 0 Å². The minimum absolute atomic E-state index is 0.107. The first-order chi connectivity index (χ1) is 10.2. The second-order valence-corrected chi connectivity index (χ2v) is 5.79. The molecule has 2 atom stereocenters. The first kappa shape index (κ1) is 14.2. The van der Waals surface area contributed by atoms with Gasteiger partial charge in [-0.3, -0.25) is 0 Å². The second kappa shape index (κ2) is 5.95. The monoisotopic (exact) mass is 287 g/mol. The van der Waals surface area contributed by atoms with E-state index in [0.717, 1.165) is 18.4 Å². The Labute approximate surface area is 124 Å². The minimum atomic E-state index is -0.116. The van der Waals surface area contributed by atoms with Gasteiger partial charge in [-0.15, -0.1) is 0 Å². The fourth-order valence-corrected chi connectivity index (χ4v) is 2.56. The van der Waals surface area contributed by atoms with Crippen LogP contribution in [0, 0.1) is 0 Å². The van der Waals surface area contributed by atoms with Crippen LogP contribution in [0.25, 0.3) is 11.4 Å². The van der Waals surface area contributed by atoms with Gasteiger partial charge in [0.1, 0.15) is 6.10 Å². The predicted octanol–water partition coefficient (Wildman–Crippen LogP) is 3.04. The van der Waals surface area contributed by atoms with Gasteiger partial charge >= 0.3 is 0 Å². The maximum Gasteiger partial charge on any atom is 0.256 e. The molecule has 3 rings (SSSR count). The SMILES string of the molecule is CC(C)c1ccc(-c2noc(C3CCC(CN)O3)n2)cc1. The number of aromatic nitrogens is 2. The van der Waals surface area contributed by atoms with E-state index in [2.05, 4.69) is 36.1 Å². The van der Waals surface area contributed by atoms with Crippen LogP contribution in [-0.2, 0) is 4.74 Å². The van der Waals surface area contributed by atoms with Crippen molar-refractivity contribution < 1.29 is 9.26 Å². The summed E-state index contributed by atoms with van der Waals surface area (Å²) in [5.41, 5.74) is 7.88. The molecule has 1 aromatic heterocycles. The molecule has 2 unspecified atom stereocenters. The van der Waals surface area contributed by atoms with Crippen LogP contribution in [0.4, 0.5) is 0 Å². The largest absolute Gasteiger partial charge is 0.364 e.